The second-order valence-electron chi connectivity index (χ2n) is 5.92. The fourth-order valence-electron chi connectivity index (χ4n) is 3.03. The molecule has 1 heterocycles. The predicted octanol–water partition coefficient (Wildman–Crippen LogP) is 3.42. The molecular weight excluding hydrogens is 274 g/mol. The van der Waals surface area contributed by atoms with Crippen LogP contribution in [0.5, 0.6) is 5.75 Å². The first kappa shape index (κ1) is 14.6. The van der Waals surface area contributed by atoms with Crippen molar-refractivity contribution < 1.29 is 9.53 Å². The van der Waals surface area contributed by atoms with E-state index in [2.05, 4.69) is 24.3 Å². The number of carbonyl (C=O) groups excluding carboxylic acids is 1. The number of ether oxygens (including phenoxy) is 1. The van der Waals surface area contributed by atoms with E-state index in [4.69, 9.17) is 4.74 Å². The molecule has 0 N–H and O–H groups in total. The van der Waals surface area contributed by atoms with E-state index in [1.54, 1.807) is 7.11 Å². The van der Waals surface area contributed by atoms with Crippen molar-refractivity contribution in [2.75, 3.05) is 7.11 Å². The summed E-state index contributed by atoms with van der Waals surface area (Å²) in [6.07, 6.45) is 0.795. The van der Waals surface area contributed by atoms with Gasteiger partial charge < -0.3 is 9.64 Å². The maximum atomic E-state index is 12.7. The zero-order chi connectivity index (χ0) is 15.5. The Morgan fingerprint density at radius 1 is 1.14 bits per heavy atom. The van der Waals surface area contributed by atoms with Gasteiger partial charge in [-0.1, -0.05) is 43.3 Å². The molecule has 3 nitrogen and oxygen atoms in total. The van der Waals surface area contributed by atoms with Crippen LogP contribution in [-0.4, -0.2) is 17.9 Å². The standard InChI is InChI=1S/C19H21NO2/c1-14-10-16-8-9-18(22-2)11-17(16)13-20(19(14)21)12-15-6-4-3-5-7-15/h3-9,11,14H,10,12-13H2,1-2H3. The molecular formula is C19H21NO2. The zero-order valence-electron chi connectivity index (χ0n) is 13.1. The van der Waals surface area contributed by atoms with Crippen LogP contribution in [0.15, 0.2) is 48.5 Å². The summed E-state index contributed by atoms with van der Waals surface area (Å²) in [5, 5.41) is 0. The molecule has 1 aliphatic heterocycles. The van der Waals surface area contributed by atoms with E-state index in [-0.39, 0.29) is 11.8 Å². The molecule has 0 spiro atoms. The molecule has 2 aromatic carbocycles. The normalized spacial score (nSPS) is 17.8. The Bertz CT molecular complexity index is 666. The highest BCUT2D eigenvalue weighted by Gasteiger charge is 2.26. The Kier molecular flexibility index (Phi) is 4.14. The molecule has 22 heavy (non-hydrogen) atoms. The number of hydrogen-bond donors (Lipinski definition) is 0. The molecule has 0 aromatic heterocycles. The Morgan fingerprint density at radius 2 is 1.91 bits per heavy atom. The van der Waals surface area contributed by atoms with Crippen molar-refractivity contribution >= 4 is 5.91 Å². The monoisotopic (exact) mass is 295 g/mol. The maximum absolute atomic E-state index is 12.7. The molecule has 0 saturated heterocycles. The molecule has 1 unspecified atom stereocenters. The van der Waals surface area contributed by atoms with Crippen molar-refractivity contribution in [3.63, 3.8) is 0 Å². The second kappa shape index (κ2) is 6.22. The number of fused-ring (bicyclic) bond motifs is 1. The lowest BCUT2D eigenvalue weighted by atomic mass is 9.98. The summed E-state index contributed by atoms with van der Waals surface area (Å²) in [7, 11) is 1.67. The molecule has 3 heteroatoms. The van der Waals surface area contributed by atoms with Crippen LogP contribution >= 0.6 is 0 Å². The van der Waals surface area contributed by atoms with Crippen LogP contribution in [0, 0.1) is 5.92 Å². The minimum atomic E-state index is 0.0124. The number of amides is 1. The largest absolute Gasteiger partial charge is 0.497 e. The van der Waals surface area contributed by atoms with Crippen molar-refractivity contribution in [3.8, 4) is 5.75 Å². The molecule has 3 rings (SSSR count). The quantitative estimate of drug-likeness (QED) is 0.868. The van der Waals surface area contributed by atoms with Gasteiger partial charge in [0.25, 0.3) is 0 Å². The first-order valence-electron chi connectivity index (χ1n) is 7.66. The van der Waals surface area contributed by atoms with Gasteiger partial charge in [-0.15, -0.1) is 0 Å². The van der Waals surface area contributed by atoms with Gasteiger partial charge in [-0.2, -0.15) is 0 Å². The molecule has 2 aromatic rings. The van der Waals surface area contributed by atoms with Gasteiger partial charge in [0.1, 0.15) is 5.75 Å². The number of hydrogen-bond acceptors (Lipinski definition) is 2. The van der Waals surface area contributed by atoms with Gasteiger partial charge in [0, 0.05) is 19.0 Å². The van der Waals surface area contributed by atoms with Crippen LogP contribution in [0.4, 0.5) is 0 Å². The van der Waals surface area contributed by atoms with E-state index in [1.165, 1.54) is 11.1 Å². The minimum Gasteiger partial charge on any atom is -0.497 e. The highest BCUT2D eigenvalue weighted by Crippen LogP contribution is 2.27. The number of nitrogens with zero attached hydrogens (tertiary/aromatic N) is 1. The molecule has 1 amide bonds. The average molecular weight is 295 g/mol. The maximum Gasteiger partial charge on any atom is 0.226 e. The minimum absolute atomic E-state index is 0.0124. The SMILES string of the molecule is COc1ccc2c(c1)CN(Cc1ccccc1)C(=O)C(C)C2. The van der Waals surface area contributed by atoms with Crippen molar-refractivity contribution in [1.29, 1.82) is 0 Å². The molecule has 1 aliphatic rings. The topological polar surface area (TPSA) is 29.5 Å². The summed E-state index contributed by atoms with van der Waals surface area (Å²) < 4.78 is 5.32. The summed E-state index contributed by atoms with van der Waals surface area (Å²) >= 11 is 0. The first-order chi connectivity index (χ1) is 10.7. The zero-order valence-corrected chi connectivity index (χ0v) is 13.1. The van der Waals surface area contributed by atoms with Crippen LogP contribution in [-0.2, 0) is 24.3 Å². The van der Waals surface area contributed by atoms with Crippen LogP contribution in [0.3, 0.4) is 0 Å². The third kappa shape index (κ3) is 2.98. The number of benzene rings is 2. The van der Waals surface area contributed by atoms with E-state index in [0.29, 0.717) is 13.1 Å². The smallest absolute Gasteiger partial charge is 0.226 e. The molecule has 0 fully saturated rings. The average Bonchev–Trinajstić information content (AvgIpc) is 2.66. The van der Waals surface area contributed by atoms with Gasteiger partial charge >= 0.3 is 0 Å². The van der Waals surface area contributed by atoms with Crippen molar-refractivity contribution in [3.05, 3.63) is 65.2 Å². The van der Waals surface area contributed by atoms with Crippen LogP contribution in [0.1, 0.15) is 23.6 Å². The van der Waals surface area contributed by atoms with Gasteiger partial charge in [-0.25, -0.2) is 0 Å². The van der Waals surface area contributed by atoms with Gasteiger partial charge in [-0.3, -0.25) is 4.79 Å². The van der Waals surface area contributed by atoms with Gasteiger partial charge in [-0.05, 0) is 35.2 Å². The molecule has 0 bridgehead atoms. The highest BCUT2D eigenvalue weighted by atomic mass is 16.5. The summed E-state index contributed by atoms with van der Waals surface area (Å²) in [4.78, 5) is 14.6. The Balaban J connectivity index is 1.90. The van der Waals surface area contributed by atoms with Gasteiger partial charge in [0.05, 0.1) is 7.11 Å². The van der Waals surface area contributed by atoms with Crippen molar-refractivity contribution in [2.45, 2.75) is 26.4 Å². The van der Waals surface area contributed by atoms with Crippen LogP contribution in [0.25, 0.3) is 0 Å². The fraction of sp³-hybridized carbons (Fsp3) is 0.316. The van der Waals surface area contributed by atoms with E-state index in [1.807, 2.05) is 36.1 Å². The fourth-order valence-corrected chi connectivity index (χ4v) is 3.03. The van der Waals surface area contributed by atoms with Crippen LogP contribution in [0.2, 0.25) is 0 Å². The van der Waals surface area contributed by atoms with Gasteiger partial charge in [0.15, 0.2) is 0 Å². The van der Waals surface area contributed by atoms with Crippen molar-refractivity contribution in [2.24, 2.45) is 5.92 Å². The molecule has 1 atom stereocenters. The number of methoxy groups -OCH3 is 1. The van der Waals surface area contributed by atoms with E-state index >= 15 is 0 Å². The Morgan fingerprint density at radius 3 is 2.64 bits per heavy atom. The Hall–Kier alpha value is -2.29. The summed E-state index contributed by atoms with van der Waals surface area (Å²) in [5.74, 6) is 1.08. The molecule has 0 saturated carbocycles. The summed E-state index contributed by atoms with van der Waals surface area (Å²) in [5.41, 5.74) is 3.60. The van der Waals surface area contributed by atoms with E-state index in [9.17, 15) is 4.79 Å². The van der Waals surface area contributed by atoms with E-state index in [0.717, 1.165) is 17.7 Å². The van der Waals surface area contributed by atoms with Crippen molar-refractivity contribution in [1.82, 2.24) is 4.90 Å². The Labute approximate surface area is 131 Å². The lowest BCUT2D eigenvalue weighted by Crippen LogP contribution is -2.32. The first-order valence-corrected chi connectivity index (χ1v) is 7.66. The van der Waals surface area contributed by atoms with Gasteiger partial charge in [0.2, 0.25) is 5.91 Å². The van der Waals surface area contributed by atoms with E-state index < -0.39 is 0 Å². The third-order valence-electron chi connectivity index (χ3n) is 4.25. The third-order valence-corrected chi connectivity index (χ3v) is 4.25. The highest BCUT2D eigenvalue weighted by molar-refractivity contribution is 5.79. The summed E-state index contributed by atoms with van der Waals surface area (Å²) in [6.45, 7) is 3.31. The number of rotatable bonds is 3. The molecule has 114 valence electrons. The molecule has 0 radical (unpaired) electrons. The lowest BCUT2D eigenvalue weighted by Gasteiger charge is -2.23. The second-order valence-corrected chi connectivity index (χ2v) is 5.92. The predicted molar refractivity (Wildman–Crippen MR) is 86.6 cm³/mol. The number of carbonyl (C=O) groups is 1. The van der Waals surface area contributed by atoms with Crippen LogP contribution < -0.4 is 4.74 Å². The lowest BCUT2D eigenvalue weighted by molar-refractivity contribution is -0.135. The summed E-state index contributed by atoms with van der Waals surface area (Å²) in [6, 6.07) is 16.3. The molecule has 0 aliphatic carbocycles.